The first-order valence-electron chi connectivity index (χ1n) is 9.69. The van der Waals surface area contributed by atoms with Crippen molar-refractivity contribution in [1.82, 2.24) is 10.3 Å². The van der Waals surface area contributed by atoms with Gasteiger partial charge in [0.05, 0.1) is 17.8 Å². The molecule has 1 fully saturated rings. The van der Waals surface area contributed by atoms with Crippen LogP contribution in [0.3, 0.4) is 0 Å². The lowest BCUT2D eigenvalue weighted by Crippen LogP contribution is -2.29. The Morgan fingerprint density at radius 1 is 1.04 bits per heavy atom. The van der Waals surface area contributed by atoms with Crippen molar-refractivity contribution in [3.63, 3.8) is 0 Å². The van der Waals surface area contributed by atoms with Crippen LogP contribution in [0.5, 0.6) is 5.75 Å². The molecule has 1 aliphatic rings. The summed E-state index contributed by atoms with van der Waals surface area (Å²) in [6.07, 6.45) is 5.00. The highest BCUT2D eigenvalue weighted by Crippen LogP contribution is 2.30. The summed E-state index contributed by atoms with van der Waals surface area (Å²) in [5, 5.41) is 4.58. The molecule has 3 nitrogen and oxygen atoms in total. The zero-order valence-corrected chi connectivity index (χ0v) is 15.2. The highest BCUT2D eigenvalue weighted by Gasteiger charge is 2.13. The summed E-state index contributed by atoms with van der Waals surface area (Å²) in [5.74, 6) is 1.75. The number of aromatic nitrogens is 1. The van der Waals surface area contributed by atoms with Crippen LogP contribution in [0.1, 0.15) is 25.7 Å². The van der Waals surface area contributed by atoms with Crippen LogP contribution in [0, 0.1) is 5.92 Å². The largest absolute Gasteiger partial charge is 0.493 e. The molecule has 0 bridgehead atoms. The predicted molar refractivity (Wildman–Crippen MR) is 108 cm³/mol. The summed E-state index contributed by atoms with van der Waals surface area (Å²) in [6.45, 7) is 3.10. The molecule has 2 aromatic carbocycles. The second-order valence-electron chi connectivity index (χ2n) is 7.09. The molecular weight excluding hydrogens is 320 g/mol. The molecule has 1 aromatic heterocycles. The van der Waals surface area contributed by atoms with Crippen LogP contribution >= 0.6 is 0 Å². The topological polar surface area (TPSA) is 34.1 Å². The number of fused-ring (bicyclic) bond motifs is 1. The average Bonchev–Trinajstić information content (AvgIpc) is 2.72. The molecule has 0 saturated carbocycles. The van der Waals surface area contributed by atoms with Gasteiger partial charge in [-0.1, -0.05) is 42.5 Å². The number of hydrogen-bond acceptors (Lipinski definition) is 3. The van der Waals surface area contributed by atoms with E-state index in [-0.39, 0.29) is 0 Å². The third kappa shape index (κ3) is 4.05. The van der Waals surface area contributed by atoms with E-state index < -0.39 is 0 Å². The summed E-state index contributed by atoms with van der Waals surface area (Å²) in [4.78, 5) is 4.82. The van der Waals surface area contributed by atoms with Crippen molar-refractivity contribution in [2.75, 3.05) is 19.7 Å². The van der Waals surface area contributed by atoms with Crippen molar-refractivity contribution in [1.29, 1.82) is 0 Å². The number of ether oxygens (including phenoxy) is 1. The lowest BCUT2D eigenvalue weighted by Gasteiger charge is -2.22. The van der Waals surface area contributed by atoms with Crippen LogP contribution in [0.2, 0.25) is 0 Å². The number of pyridine rings is 1. The minimum Gasteiger partial charge on any atom is -0.493 e. The van der Waals surface area contributed by atoms with Gasteiger partial charge in [-0.15, -0.1) is 0 Å². The van der Waals surface area contributed by atoms with Crippen molar-refractivity contribution in [3.05, 3.63) is 60.7 Å². The van der Waals surface area contributed by atoms with E-state index in [0.717, 1.165) is 53.4 Å². The second kappa shape index (κ2) is 8.33. The minimum absolute atomic E-state index is 0.763. The second-order valence-corrected chi connectivity index (χ2v) is 7.09. The van der Waals surface area contributed by atoms with E-state index in [1.165, 1.54) is 25.8 Å². The van der Waals surface area contributed by atoms with Crippen LogP contribution in [0.25, 0.3) is 22.2 Å². The van der Waals surface area contributed by atoms with Gasteiger partial charge in [-0.05, 0) is 56.8 Å². The quantitative estimate of drug-likeness (QED) is 0.634. The summed E-state index contributed by atoms with van der Waals surface area (Å²) in [6, 6.07) is 20.6. The number of para-hydroxylation sites is 1. The van der Waals surface area contributed by atoms with Gasteiger partial charge in [-0.25, -0.2) is 4.98 Å². The van der Waals surface area contributed by atoms with E-state index in [0.29, 0.717) is 0 Å². The Kier molecular flexibility index (Phi) is 5.46. The Balaban J connectivity index is 1.49. The maximum atomic E-state index is 6.21. The normalized spacial score (nSPS) is 17.3. The van der Waals surface area contributed by atoms with Crippen molar-refractivity contribution in [2.24, 2.45) is 5.92 Å². The fraction of sp³-hybridized carbons (Fsp3) is 0.348. The summed E-state index contributed by atoms with van der Waals surface area (Å²) in [5.41, 5.74) is 3.08. The van der Waals surface area contributed by atoms with Gasteiger partial charge in [0.1, 0.15) is 5.75 Å². The van der Waals surface area contributed by atoms with Gasteiger partial charge >= 0.3 is 0 Å². The smallest absolute Gasteiger partial charge is 0.130 e. The molecule has 0 radical (unpaired) electrons. The van der Waals surface area contributed by atoms with Gasteiger partial charge in [-0.3, -0.25) is 0 Å². The van der Waals surface area contributed by atoms with Crippen LogP contribution in [0.4, 0.5) is 0 Å². The lowest BCUT2D eigenvalue weighted by atomic mass is 9.95. The average molecular weight is 346 g/mol. The molecular formula is C23H26N2O. The van der Waals surface area contributed by atoms with Gasteiger partial charge in [0.15, 0.2) is 0 Å². The Bertz CT molecular complexity index is 841. The van der Waals surface area contributed by atoms with E-state index in [9.17, 15) is 0 Å². The third-order valence-electron chi connectivity index (χ3n) is 5.16. The first-order valence-corrected chi connectivity index (χ1v) is 9.69. The number of benzene rings is 2. The number of nitrogens with one attached hydrogen (secondary N) is 1. The molecule has 1 unspecified atom stereocenters. The standard InChI is InChI=1S/C23H26N2O/c1-2-10-19(11-3-1)22-16-23(20-12-4-5-13-21(20)25-22)26-15-7-9-18-8-6-14-24-17-18/h1-5,10-13,16,18,24H,6-9,14-15,17H2. The molecule has 2 heterocycles. The Hall–Kier alpha value is -2.39. The first kappa shape index (κ1) is 17.0. The fourth-order valence-corrected chi connectivity index (χ4v) is 3.74. The Labute approximate surface area is 155 Å². The summed E-state index contributed by atoms with van der Waals surface area (Å²) >= 11 is 0. The maximum absolute atomic E-state index is 6.21. The van der Waals surface area contributed by atoms with Gasteiger partial charge in [0.2, 0.25) is 0 Å². The SMILES string of the molecule is c1ccc(-c2cc(OCCCC3CCCNC3)c3ccccc3n2)cc1. The van der Waals surface area contributed by atoms with Crippen molar-refractivity contribution < 1.29 is 4.74 Å². The molecule has 3 aromatic rings. The van der Waals surface area contributed by atoms with Crippen molar-refractivity contribution >= 4 is 10.9 Å². The fourth-order valence-electron chi connectivity index (χ4n) is 3.74. The number of piperidine rings is 1. The van der Waals surface area contributed by atoms with Crippen molar-refractivity contribution in [3.8, 4) is 17.0 Å². The summed E-state index contributed by atoms with van der Waals surface area (Å²) in [7, 11) is 0. The molecule has 1 aliphatic heterocycles. The van der Waals surface area contributed by atoms with E-state index in [1.807, 2.05) is 30.3 Å². The van der Waals surface area contributed by atoms with Gasteiger partial charge in [0.25, 0.3) is 0 Å². The molecule has 1 saturated heterocycles. The van der Waals surface area contributed by atoms with Gasteiger partial charge in [0, 0.05) is 17.0 Å². The van der Waals surface area contributed by atoms with E-state index >= 15 is 0 Å². The molecule has 0 spiro atoms. The van der Waals surface area contributed by atoms with E-state index in [1.54, 1.807) is 0 Å². The molecule has 1 atom stereocenters. The molecule has 134 valence electrons. The molecule has 1 N–H and O–H groups in total. The number of nitrogens with zero attached hydrogens (tertiary/aromatic N) is 1. The van der Waals surface area contributed by atoms with Gasteiger partial charge in [-0.2, -0.15) is 0 Å². The lowest BCUT2D eigenvalue weighted by molar-refractivity contribution is 0.277. The Morgan fingerprint density at radius 2 is 1.88 bits per heavy atom. The monoisotopic (exact) mass is 346 g/mol. The first-order chi connectivity index (χ1) is 12.9. The molecule has 26 heavy (non-hydrogen) atoms. The Morgan fingerprint density at radius 3 is 2.73 bits per heavy atom. The molecule has 0 aliphatic carbocycles. The van der Waals surface area contributed by atoms with Crippen LogP contribution < -0.4 is 10.1 Å². The van der Waals surface area contributed by atoms with E-state index in [2.05, 4.69) is 35.6 Å². The van der Waals surface area contributed by atoms with Crippen LogP contribution in [-0.2, 0) is 0 Å². The van der Waals surface area contributed by atoms with Crippen molar-refractivity contribution in [2.45, 2.75) is 25.7 Å². The number of hydrogen-bond donors (Lipinski definition) is 1. The highest BCUT2D eigenvalue weighted by molar-refractivity contribution is 5.87. The van der Waals surface area contributed by atoms with Crippen LogP contribution in [0.15, 0.2) is 60.7 Å². The van der Waals surface area contributed by atoms with E-state index in [4.69, 9.17) is 9.72 Å². The highest BCUT2D eigenvalue weighted by atomic mass is 16.5. The zero-order chi connectivity index (χ0) is 17.6. The zero-order valence-electron chi connectivity index (χ0n) is 15.2. The number of rotatable bonds is 6. The summed E-state index contributed by atoms with van der Waals surface area (Å²) < 4.78 is 6.21. The minimum atomic E-state index is 0.763. The third-order valence-corrected chi connectivity index (χ3v) is 5.16. The maximum Gasteiger partial charge on any atom is 0.130 e. The molecule has 3 heteroatoms. The molecule has 4 rings (SSSR count). The van der Waals surface area contributed by atoms with Crippen LogP contribution in [-0.4, -0.2) is 24.7 Å². The van der Waals surface area contributed by atoms with Gasteiger partial charge < -0.3 is 10.1 Å². The predicted octanol–water partition coefficient (Wildman–Crippen LogP) is 5.06. The molecule has 0 amide bonds.